The molecule has 7 nitrogen and oxygen atoms in total. The molecule has 0 atom stereocenters. The van der Waals surface area contributed by atoms with Crippen LogP contribution in [-0.2, 0) is 17.8 Å². The lowest BCUT2D eigenvalue weighted by molar-refractivity contribution is -0.119. The molecular formula is C20H21N3O4S. The van der Waals surface area contributed by atoms with Crippen molar-refractivity contribution in [3.8, 4) is 0 Å². The molecule has 0 saturated heterocycles. The van der Waals surface area contributed by atoms with Gasteiger partial charge in [0.15, 0.2) is 0 Å². The fourth-order valence-corrected chi connectivity index (χ4v) is 4.10. The number of hydrogen-bond acceptors (Lipinski definition) is 5. The number of rotatable bonds is 6. The highest BCUT2D eigenvalue weighted by Gasteiger charge is 2.22. The van der Waals surface area contributed by atoms with Crippen molar-refractivity contribution >= 4 is 39.1 Å². The number of thiophene rings is 1. The topological polar surface area (TPSA) is 92.5 Å². The maximum atomic E-state index is 13.0. The highest BCUT2D eigenvalue weighted by Crippen LogP contribution is 2.22. The van der Waals surface area contributed by atoms with E-state index in [4.69, 9.17) is 0 Å². The highest BCUT2D eigenvalue weighted by molar-refractivity contribution is 7.17. The minimum absolute atomic E-state index is 0.0566. The predicted molar refractivity (Wildman–Crippen MR) is 109 cm³/mol. The van der Waals surface area contributed by atoms with Crippen molar-refractivity contribution in [3.63, 3.8) is 0 Å². The van der Waals surface area contributed by atoms with E-state index in [1.807, 2.05) is 45.0 Å². The van der Waals surface area contributed by atoms with Gasteiger partial charge in [0.25, 0.3) is 5.56 Å². The van der Waals surface area contributed by atoms with Crippen molar-refractivity contribution < 1.29 is 14.7 Å². The second-order valence-electron chi connectivity index (χ2n) is 6.38. The van der Waals surface area contributed by atoms with Gasteiger partial charge in [-0.25, -0.2) is 9.78 Å². The van der Waals surface area contributed by atoms with Crippen LogP contribution in [0.15, 0.2) is 34.4 Å². The molecule has 146 valence electrons. The van der Waals surface area contributed by atoms with Gasteiger partial charge in [-0.3, -0.25) is 14.2 Å². The number of aromatic carboxylic acids is 1. The number of aryl methyl sites for hydroxylation is 2. The summed E-state index contributed by atoms with van der Waals surface area (Å²) in [6.07, 6.45) is 0.454. The second-order valence-corrected chi connectivity index (χ2v) is 7.24. The third-order valence-electron chi connectivity index (χ3n) is 4.54. The van der Waals surface area contributed by atoms with E-state index in [1.54, 1.807) is 4.90 Å². The van der Waals surface area contributed by atoms with Gasteiger partial charge < -0.3 is 10.0 Å². The van der Waals surface area contributed by atoms with Crippen molar-refractivity contribution in [1.82, 2.24) is 9.55 Å². The molecule has 1 aromatic carbocycles. The lowest BCUT2D eigenvalue weighted by atomic mass is 10.2. The molecule has 3 aromatic rings. The summed E-state index contributed by atoms with van der Waals surface area (Å²) < 4.78 is 1.29. The number of benzene rings is 1. The summed E-state index contributed by atoms with van der Waals surface area (Å²) in [7, 11) is 0. The summed E-state index contributed by atoms with van der Waals surface area (Å²) in [4.78, 5) is 43.9. The summed E-state index contributed by atoms with van der Waals surface area (Å²) in [5.41, 5.74) is 1.22. The molecule has 2 heterocycles. The lowest BCUT2D eigenvalue weighted by Gasteiger charge is -2.22. The first-order chi connectivity index (χ1) is 13.4. The van der Waals surface area contributed by atoms with E-state index < -0.39 is 11.5 Å². The summed E-state index contributed by atoms with van der Waals surface area (Å²) in [5.74, 6) is -0.967. The third kappa shape index (κ3) is 3.55. The van der Waals surface area contributed by atoms with Crippen molar-refractivity contribution in [2.24, 2.45) is 0 Å². The van der Waals surface area contributed by atoms with Crippen molar-refractivity contribution in [2.45, 2.75) is 33.7 Å². The van der Waals surface area contributed by atoms with Crippen LogP contribution < -0.4 is 10.5 Å². The molecule has 2 aromatic heterocycles. The maximum Gasteiger partial charge on any atom is 0.337 e. The Bertz CT molecular complexity index is 1120. The molecule has 0 aliphatic heterocycles. The Morgan fingerprint density at radius 2 is 2.04 bits per heavy atom. The van der Waals surface area contributed by atoms with Crippen LogP contribution in [0, 0.1) is 6.92 Å². The zero-order chi connectivity index (χ0) is 20.4. The van der Waals surface area contributed by atoms with Gasteiger partial charge in [-0.05, 0) is 31.5 Å². The van der Waals surface area contributed by atoms with Gasteiger partial charge in [-0.1, -0.05) is 19.1 Å². The van der Waals surface area contributed by atoms with Crippen LogP contribution in [0.1, 0.15) is 35.6 Å². The van der Waals surface area contributed by atoms with Crippen LogP contribution in [0.4, 0.5) is 5.69 Å². The lowest BCUT2D eigenvalue weighted by Crippen LogP contribution is -2.38. The molecule has 1 amide bonds. The molecule has 0 aliphatic carbocycles. The molecule has 0 aliphatic rings. The Balaban J connectivity index is 2.06. The number of amides is 1. The van der Waals surface area contributed by atoms with Crippen LogP contribution >= 0.6 is 11.3 Å². The maximum absolute atomic E-state index is 13.0. The van der Waals surface area contributed by atoms with Gasteiger partial charge in [0.2, 0.25) is 5.91 Å². The number of nitrogens with zero attached hydrogens (tertiary/aromatic N) is 3. The van der Waals surface area contributed by atoms with Crippen LogP contribution in [0.2, 0.25) is 0 Å². The standard InChI is InChI=1S/C20H21N3O4S/c1-4-15-21-18-17(14(11-28-18)20(26)27)19(25)23(15)10-16(24)22(5-2)13-8-6-7-12(3)9-13/h6-9,11H,4-5,10H2,1-3H3,(H,26,27). The van der Waals surface area contributed by atoms with Gasteiger partial charge in [0.1, 0.15) is 17.2 Å². The number of carbonyl (C=O) groups is 2. The Labute approximate surface area is 165 Å². The van der Waals surface area contributed by atoms with E-state index in [9.17, 15) is 19.5 Å². The van der Waals surface area contributed by atoms with Crippen LogP contribution in [0.3, 0.4) is 0 Å². The van der Waals surface area contributed by atoms with Gasteiger partial charge in [0, 0.05) is 24.0 Å². The van der Waals surface area contributed by atoms with Crippen molar-refractivity contribution in [3.05, 3.63) is 57.0 Å². The van der Waals surface area contributed by atoms with Crippen molar-refractivity contribution in [1.29, 1.82) is 0 Å². The molecule has 1 N–H and O–H groups in total. The van der Waals surface area contributed by atoms with E-state index in [0.29, 0.717) is 23.6 Å². The number of carbonyl (C=O) groups excluding carboxylic acids is 1. The van der Waals surface area contributed by atoms with Gasteiger partial charge in [-0.2, -0.15) is 0 Å². The molecule has 0 unspecified atom stereocenters. The average molecular weight is 399 g/mol. The fourth-order valence-electron chi connectivity index (χ4n) is 3.18. The smallest absolute Gasteiger partial charge is 0.337 e. The van der Waals surface area contributed by atoms with E-state index in [1.165, 1.54) is 9.95 Å². The normalized spacial score (nSPS) is 11.0. The van der Waals surface area contributed by atoms with E-state index in [0.717, 1.165) is 22.6 Å². The Kier molecular flexibility index (Phi) is 5.60. The number of aromatic nitrogens is 2. The van der Waals surface area contributed by atoms with Gasteiger partial charge >= 0.3 is 5.97 Å². The van der Waals surface area contributed by atoms with Crippen LogP contribution in [0.25, 0.3) is 10.2 Å². The highest BCUT2D eigenvalue weighted by atomic mass is 32.1. The second kappa shape index (κ2) is 7.93. The predicted octanol–water partition coefficient (Wildman–Crippen LogP) is 3.08. The molecule has 3 rings (SSSR count). The van der Waals surface area contributed by atoms with E-state index in [-0.39, 0.29) is 23.4 Å². The van der Waals surface area contributed by atoms with E-state index >= 15 is 0 Å². The molecule has 0 fully saturated rings. The minimum Gasteiger partial charge on any atom is -0.478 e. The Morgan fingerprint density at radius 3 is 2.64 bits per heavy atom. The number of fused-ring (bicyclic) bond motifs is 1. The Hall–Kier alpha value is -3.00. The average Bonchev–Trinajstić information content (AvgIpc) is 3.09. The molecule has 0 spiro atoms. The largest absolute Gasteiger partial charge is 0.478 e. The third-order valence-corrected chi connectivity index (χ3v) is 5.42. The quantitative estimate of drug-likeness (QED) is 0.688. The van der Waals surface area contributed by atoms with Crippen molar-refractivity contribution in [2.75, 3.05) is 11.4 Å². The molecule has 0 saturated carbocycles. The summed E-state index contributed by atoms with van der Waals surface area (Å²) >= 11 is 1.12. The first-order valence-corrected chi connectivity index (χ1v) is 9.86. The zero-order valence-electron chi connectivity index (χ0n) is 15.9. The molecule has 28 heavy (non-hydrogen) atoms. The Morgan fingerprint density at radius 1 is 1.29 bits per heavy atom. The van der Waals surface area contributed by atoms with E-state index in [2.05, 4.69) is 4.98 Å². The number of carboxylic acids is 1. The summed E-state index contributed by atoms with van der Waals surface area (Å²) in [6.45, 7) is 5.92. The van der Waals surface area contributed by atoms with Crippen LogP contribution in [0.5, 0.6) is 0 Å². The molecular weight excluding hydrogens is 378 g/mol. The minimum atomic E-state index is -1.18. The SMILES string of the molecule is CCc1nc2scc(C(=O)O)c2c(=O)n1CC(=O)N(CC)c1cccc(C)c1. The zero-order valence-corrected chi connectivity index (χ0v) is 16.7. The monoisotopic (exact) mass is 399 g/mol. The number of hydrogen-bond donors (Lipinski definition) is 1. The first kappa shape index (κ1) is 19.8. The number of carboxylic acid groups (broad SMARTS) is 1. The summed E-state index contributed by atoms with van der Waals surface area (Å²) in [5, 5.41) is 10.8. The first-order valence-electron chi connectivity index (χ1n) is 8.98. The molecule has 0 bridgehead atoms. The number of likely N-dealkylation sites (N-methyl/N-ethyl adjacent to an activating group) is 1. The summed E-state index contributed by atoms with van der Waals surface area (Å²) in [6, 6.07) is 7.58. The van der Waals surface area contributed by atoms with Crippen LogP contribution in [-0.4, -0.2) is 33.1 Å². The number of anilines is 1. The van der Waals surface area contributed by atoms with Gasteiger partial charge in [-0.15, -0.1) is 11.3 Å². The fraction of sp³-hybridized carbons (Fsp3) is 0.300. The van der Waals surface area contributed by atoms with Gasteiger partial charge in [0.05, 0.1) is 10.9 Å². The molecule has 8 heteroatoms. The molecule has 0 radical (unpaired) electrons.